The van der Waals surface area contributed by atoms with Crippen molar-refractivity contribution in [3.05, 3.63) is 97.4 Å². The molecule has 3 rings (SSSR count). The van der Waals surface area contributed by atoms with E-state index in [1.54, 1.807) is 36.4 Å². The summed E-state index contributed by atoms with van der Waals surface area (Å²) in [6.45, 7) is 3.61. The average Bonchev–Trinajstić information content (AvgIpc) is 2.87. The van der Waals surface area contributed by atoms with E-state index in [0.29, 0.717) is 32.8 Å². The van der Waals surface area contributed by atoms with E-state index in [-0.39, 0.29) is 25.1 Å². The zero-order valence-corrected chi connectivity index (χ0v) is 24.4. The lowest BCUT2D eigenvalue weighted by atomic mass is 10.0. The van der Waals surface area contributed by atoms with E-state index < -0.39 is 11.9 Å². The van der Waals surface area contributed by atoms with Crippen molar-refractivity contribution in [1.82, 2.24) is 10.2 Å². The van der Waals surface area contributed by atoms with Crippen LogP contribution in [0.2, 0.25) is 15.1 Å². The molecule has 0 aromatic heterocycles. The first-order valence-corrected chi connectivity index (χ1v) is 13.8. The first-order valence-electron chi connectivity index (χ1n) is 11.8. The lowest BCUT2D eigenvalue weighted by molar-refractivity contribution is -0.143. The number of carbonyl (C=O) groups is 2. The molecule has 0 saturated carbocycles. The first kappa shape index (κ1) is 29.3. The summed E-state index contributed by atoms with van der Waals surface area (Å²) < 4.78 is 6.56. The van der Waals surface area contributed by atoms with Crippen molar-refractivity contribution in [2.75, 3.05) is 6.61 Å². The van der Waals surface area contributed by atoms with Gasteiger partial charge in [0, 0.05) is 39.1 Å². The Morgan fingerprint density at radius 1 is 0.973 bits per heavy atom. The zero-order chi connectivity index (χ0) is 26.9. The highest BCUT2D eigenvalue weighted by atomic mass is 79.9. The number of rotatable bonds is 11. The number of benzene rings is 3. The van der Waals surface area contributed by atoms with Gasteiger partial charge in [-0.2, -0.15) is 0 Å². The number of halogens is 4. The largest absolute Gasteiger partial charge is 0.482 e. The van der Waals surface area contributed by atoms with Crippen LogP contribution in [0.5, 0.6) is 5.75 Å². The molecule has 2 amide bonds. The second kappa shape index (κ2) is 14.1. The quantitative estimate of drug-likeness (QED) is 0.242. The second-order valence-corrected chi connectivity index (χ2v) is 10.7. The summed E-state index contributed by atoms with van der Waals surface area (Å²) in [6, 6.07) is 18.9. The van der Waals surface area contributed by atoms with Gasteiger partial charge in [-0.25, -0.2) is 0 Å². The first-order chi connectivity index (χ1) is 17.7. The van der Waals surface area contributed by atoms with Crippen LogP contribution in [-0.2, 0) is 22.6 Å². The molecule has 37 heavy (non-hydrogen) atoms. The van der Waals surface area contributed by atoms with Crippen LogP contribution in [0.1, 0.15) is 31.4 Å². The summed E-state index contributed by atoms with van der Waals surface area (Å²) in [5, 5.41) is 4.19. The van der Waals surface area contributed by atoms with Gasteiger partial charge in [0.15, 0.2) is 6.61 Å². The van der Waals surface area contributed by atoms with E-state index in [9.17, 15) is 9.59 Å². The van der Waals surface area contributed by atoms with Gasteiger partial charge in [-0.3, -0.25) is 9.59 Å². The van der Waals surface area contributed by atoms with Crippen LogP contribution in [0.15, 0.2) is 71.2 Å². The van der Waals surface area contributed by atoms with Crippen molar-refractivity contribution < 1.29 is 14.3 Å². The Morgan fingerprint density at radius 3 is 2.27 bits per heavy atom. The smallest absolute Gasteiger partial charge is 0.261 e. The molecule has 1 N–H and O–H groups in total. The molecule has 0 spiro atoms. The molecule has 0 aliphatic carbocycles. The molecule has 0 radical (unpaired) electrons. The minimum absolute atomic E-state index is 0.0280. The van der Waals surface area contributed by atoms with Gasteiger partial charge in [0.25, 0.3) is 5.91 Å². The Morgan fingerprint density at radius 2 is 1.65 bits per heavy atom. The minimum Gasteiger partial charge on any atom is -0.482 e. The summed E-state index contributed by atoms with van der Waals surface area (Å²) in [4.78, 5) is 28.7. The van der Waals surface area contributed by atoms with Crippen molar-refractivity contribution in [3.63, 3.8) is 0 Å². The van der Waals surface area contributed by atoms with E-state index in [2.05, 4.69) is 21.2 Å². The molecular formula is C28H28BrCl3N2O3. The van der Waals surface area contributed by atoms with E-state index in [1.807, 2.05) is 44.2 Å². The number of carbonyl (C=O) groups excluding carboxylic acids is 2. The van der Waals surface area contributed by atoms with Gasteiger partial charge in [-0.1, -0.05) is 94.1 Å². The van der Waals surface area contributed by atoms with Gasteiger partial charge in [0.1, 0.15) is 11.8 Å². The standard InChI is InChI=1S/C28H28BrCl3N2O3/c1-3-18(2)33-28(36)25(14-19-8-5-4-6-9-19)34(16-21-22(30)10-7-11-23(21)31)27(35)17-37-26-13-12-20(29)15-24(26)32/h4-13,15,18,25H,3,14,16-17H2,1-2H3,(H,33,36)/t18-,25-/m0/s1. The monoisotopic (exact) mass is 624 g/mol. The molecule has 0 fully saturated rings. The number of hydrogen-bond donors (Lipinski definition) is 1. The number of ether oxygens (including phenoxy) is 1. The molecule has 0 heterocycles. The molecule has 196 valence electrons. The lowest BCUT2D eigenvalue weighted by Crippen LogP contribution is -2.53. The fourth-order valence-electron chi connectivity index (χ4n) is 3.66. The van der Waals surface area contributed by atoms with Crippen LogP contribution in [0.4, 0.5) is 0 Å². The maximum absolute atomic E-state index is 13.7. The normalized spacial score (nSPS) is 12.5. The van der Waals surface area contributed by atoms with Crippen molar-refractivity contribution >= 4 is 62.5 Å². The molecule has 9 heteroatoms. The maximum atomic E-state index is 13.7. The van der Waals surface area contributed by atoms with E-state index in [1.165, 1.54) is 4.90 Å². The maximum Gasteiger partial charge on any atom is 0.261 e. The fraction of sp³-hybridized carbons (Fsp3) is 0.286. The van der Waals surface area contributed by atoms with Crippen LogP contribution >= 0.6 is 50.7 Å². The zero-order valence-electron chi connectivity index (χ0n) is 20.5. The Balaban J connectivity index is 1.97. The number of amides is 2. The van der Waals surface area contributed by atoms with Crippen molar-refractivity contribution in [3.8, 4) is 5.75 Å². The third-order valence-corrected chi connectivity index (χ3v) is 7.40. The topological polar surface area (TPSA) is 58.6 Å². The molecule has 0 aliphatic rings. The van der Waals surface area contributed by atoms with Gasteiger partial charge < -0.3 is 15.0 Å². The van der Waals surface area contributed by atoms with Crippen molar-refractivity contribution in [2.45, 2.75) is 45.3 Å². The minimum atomic E-state index is -0.833. The van der Waals surface area contributed by atoms with Gasteiger partial charge in [0.05, 0.1) is 5.02 Å². The van der Waals surface area contributed by atoms with Crippen molar-refractivity contribution in [2.24, 2.45) is 0 Å². The number of hydrogen-bond acceptors (Lipinski definition) is 3. The molecule has 0 bridgehead atoms. The summed E-state index contributed by atoms with van der Waals surface area (Å²) in [7, 11) is 0. The average molecular weight is 627 g/mol. The SMILES string of the molecule is CC[C@H](C)NC(=O)[C@H](Cc1ccccc1)N(Cc1c(Cl)cccc1Cl)C(=O)COc1ccc(Br)cc1Cl. The van der Waals surface area contributed by atoms with Gasteiger partial charge in [-0.15, -0.1) is 0 Å². The molecule has 0 aliphatic heterocycles. The van der Waals surface area contributed by atoms with E-state index in [0.717, 1.165) is 16.5 Å². The predicted octanol–water partition coefficient (Wildman–Crippen LogP) is 7.34. The van der Waals surface area contributed by atoms with E-state index >= 15 is 0 Å². The summed E-state index contributed by atoms with van der Waals surface area (Å²) in [6.07, 6.45) is 1.05. The highest BCUT2D eigenvalue weighted by Crippen LogP contribution is 2.29. The third kappa shape index (κ3) is 8.37. The Hall–Kier alpha value is -2.25. The van der Waals surface area contributed by atoms with Gasteiger partial charge in [-0.05, 0) is 49.2 Å². The van der Waals surface area contributed by atoms with Crippen LogP contribution in [-0.4, -0.2) is 35.4 Å². The van der Waals surface area contributed by atoms with Gasteiger partial charge >= 0.3 is 0 Å². The summed E-state index contributed by atoms with van der Waals surface area (Å²) in [5.41, 5.74) is 1.46. The predicted molar refractivity (Wildman–Crippen MR) is 153 cm³/mol. The Kier molecular flexibility index (Phi) is 11.1. The second-order valence-electron chi connectivity index (χ2n) is 8.61. The van der Waals surface area contributed by atoms with Crippen LogP contribution in [0.3, 0.4) is 0 Å². The molecular weight excluding hydrogens is 599 g/mol. The van der Waals surface area contributed by atoms with E-state index in [4.69, 9.17) is 39.5 Å². The molecule has 3 aromatic rings. The highest BCUT2D eigenvalue weighted by Gasteiger charge is 2.32. The van der Waals surface area contributed by atoms with Crippen molar-refractivity contribution in [1.29, 1.82) is 0 Å². The molecule has 2 atom stereocenters. The number of nitrogens with zero attached hydrogens (tertiary/aromatic N) is 1. The molecule has 0 unspecified atom stereocenters. The Bertz CT molecular complexity index is 1210. The lowest BCUT2D eigenvalue weighted by Gasteiger charge is -2.32. The molecule has 3 aromatic carbocycles. The highest BCUT2D eigenvalue weighted by molar-refractivity contribution is 9.10. The van der Waals surface area contributed by atoms with Gasteiger partial charge in [0.2, 0.25) is 5.91 Å². The number of nitrogens with one attached hydrogen (secondary N) is 1. The fourth-order valence-corrected chi connectivity index (χ4v) is 4.91. The van der Waals surface area contributed by atoms with Crippen LogP contribution in [0, 0.1) is 0 Å². The summed E-state index contributed by atoms with van der Waals surface area (Å²) in [5.74, 6) is -0.316. The molecule has 0 saturated heterocycles. The third-order valence-electron chi connectivity index (χ3n) is 5.91. The molecule has 5 nitrogen and oxygen atoms in total. The Labute approximate surface area is 241 Å². The summed E-state index contributed by atoms with van der Waals surface area (Å²) >= 11 is 22.6. The van der Waals surface area contributed by atoms with Crippen LogP contribution < -0.4 is 10.1 Å². The van der Waals surface area contributed by atoms with Crippen LogP contribution in [0.25, 0.3) is 0 Å².